The van der Waals surface area contributed by atoms with Crippen LogP contribution in [-0.4, -0.2) is 23.6 Å². The Morgan fingerprint density at radius 3 is 2.53 bits per heavy atom. The lowest BCUT2D eigenvalue weighted by Gasteiger charge is -2.07. The molecule has 2 heterocycles. The minimum atomic E-state index is 0.711. The van der Waals surface area contributed by atoms with E-state index in [4.69, 9.17) is 4.74 Å². The third-order valence-electron chi connectivity index (χ3n) is 2.70. The first-order valence-corrected chi connectivity index (χ1v) is 6.50. The zero-order valence-corrected chi connectivity index (χ0v) is 11.4. The van der Waals surface area contributed by atoms with Gasteiger partial charge in [-0.1, -0.05) is 6.92 Å². The fourth-order valence-electron chi connectivity index (χ4n) is 1.82. The van der Waals surface area contributed by atoms with Gasteiger partial charge in [-0.2, -0.15) is 0 Å². The van der Waals surface area contributed by atoms with Gasteiger partial charge in [0.1, 0.15) is 5.75 Å². The summed E-state index contributed by atoms with van der Waals surface area (Å²) in [6.45, 7) is 3.60. The zero-order chi connectivity index (χ0) is 13.5. The summed E-state index contributed by atoms with van der Waals surface area (Å²) >= 11 is 0. The van der Waals surface area contributed by atoms with E-state index in [-0.39, 0.29) is 0 Å². The van der Waals surface area contributed by atoms with Gasteiger partial charge in [-0.05, 0) is 31.2 Å². The Bertz CT molecular complexity index is 528. The van der Waals surface area contributed by atoms with E-state index in [1.165, 1.54) is 0 Å². The number of rotatable bonds is 6. The SMILES string of the molecule is CCCOc1cncc(-c2cncc(CNC)c2)c1. The number of hydrogen-bond acceptors (Lipinski definition) is 4. The van der Waals surface area contributed by atoms with Crippen molar-refractivity contribution in [3.05, 3.63) is 42.5 Å². The fraction of sp³-hybridized carbons (Fsp3) is 0.333. The van der Waals surface area contributed by atoms with Crippen LogP contribution in [0.2, 0.25) is 0 Å². The molecule has 1 N–H and O–H groups in total. The van der Waals surface area contributed by atoms with Gasteiger partial charge in [0.25, 0.3) is 0 Å². The van der Waals surface area contributed by atoms with Gasteiger partial charge in [-0.3, -0.25) is 9.97 Å². The molecule has 4 heteroatoms. The summed E-state index contributed by atoms with van der Waals surface area (Å²) in [6, 6.07) is 4.12. The average Bonchev–Trinajstić information content (AvgIpc) is 2.46. The highest BCUT2D eigenvalue weighted by Gasteiger charge is 2.03. The number of nitrogens with one attached hydrogen (secondary N) is 1. The third-order valence-corrected chi connectivity index (χ3v) is 2.70. The van der Waals surface area contributed by atoms with Gasteiger partial charge in [0, 0.05) is 36.3 Å². The molecular weight excluding hydrogens is 238 g/mol. The van der Waals surface area contributed by atoms with Gasteiger partial charge in [0.15, 0.2) is 0 Å². The summed E-state index contributed by atoms with van der Waals surface area (Å²) in [5.41, 5.74) is 3.24. The standard InChI is InChI=1S/C15H19N3O/c1-3-4-19-15-6-14(10-18-11-15)13-5-12(7-16-2)8-17-9-13/h5-6,8-11,16H,3-4,7H2,1-2H3. The molecule has 0 atom stereocenters. The summed E-state index contributed by atoms with van der Waals surface area (Å²) in [5.74, 6) is 0.804. The highest BCUT2D eigenvalue weighted by Crippen LogP contribution is 2.22. The van der Waals surface area contributed by atoms with E-state index in [1.807, 2.05) is 31.7 Å². The van der Waals surface area contributed by atoms with Crippen LogP contribution in [0.3, 0.4) is 0 Å². The molecule has 19 heavy (non-hydrogen) atoms. The largest absolute Gasteiger partial charge is 0.492 e. The summed E-state index contributed by atoms with van der Waals surface area (Å²) in [7, 11) is 1.92. The van der Waals surface area contributed by atoms with Crippen LogP contribution in [-0.2, 0) is 6.54 Å². The van der Waals surface area contributed by atoms with E-state index >= 15 is 0 Å². The first kappa shape index (κ1) is 13.5. The minimum Gasteiger partial charge on any atom is -0.492 e. The lowest BCUT2D eigenvalue weighted by atomic mass is 10.1. The minimum absolute atomic E-state index is 0.711. The second-order valence-corrected chi connectivity index (χ2v) is 4.37. The topological polar surface area (TPSA) is 47.0 Å². The van der Waals surface area contributed by atoms with Crippen LogP contribution >= 0.6 is 0 Å². The van der Waals surface area contributed by atoms with Gasteiger partial charge in [0.05, 0.1) is 12.8 Å². The highest BCUT2D eigenvalue weighted by molar-refractivity contribution is 5.63. The molecule has 0 amide bonds. The maximum absolute atomic E-state index is 5.60. The van der Waals surface area contributed by atoms with E-state index in [1.54, 1.807) is 6.20 Å². The summed E-state index contributed by atoms with van der Waals surface area (Å²) < 4.78 is 5.60. The Labute approximate surface area is 113 Å². The summed E-state index contributed by atoms with van der Waals surface area (Å²) in [5, 5.41) is 3.12. The van der Waals surface area contributed by atoms with Gasteiger partial charge in [-0.15, -0.1) is 0 Å². The fourth-order valence-corrected chi connectivity index (χ4v) is 1.82. The van der Waals surface area contributed by atoms with E-state index in [0.717, 1.165) is 35.4 Å². The number of pyridine rings is 2. The predicted molar refractivity (Wildman–Crippen MR) is 76.0 cm³/mol. The summed E-state index contributed by atoms with van der Waals surface area (Å²) in [4.78, 5) is 8.48. The van der Waals surface area contributed by atoms with Gasteiger partial charge < -0.3 is 10.1 Å². The van der Waals surface area contributed by atoms with Gasteiger partial charge in [0.2, 0.25) is 0 Å². The molecule has 0 radical (unpaired) electrons. The molecule has 4 nitrogen and oxygen atoms in total. The average molecular weight is 257 g/mol. The van der Waals surface area contributed by atoms with Crippen molar-refractivity contribution in [2.45, 2.75) is 19.9 Å². The number of nitrogens with zero attached hydrogens (tertiary/aromatic N) is 2. The summed E-state index contributed by atoms with van der Waals surface area (Å²) in [6.07, 6.45) is 8.27. The molecule has 0 aromatic carbocycles. The Morgan fingerprint density at radius 1 is 1.05 bits per heavy atom. The van der Waals surface area contributed by atoms with Gasteiger partial charge in [-0.25, -0.2) is 0 Å². The van der Waals surface area contributed by atoms with Crippen molar-refractivity contribution < 1.29 is 4.74 Å². The highest BCUT2D eigenvalue weighted by atomic mass is 16.5. The second-order valence-electron chi connectivity index (χ2n) is 4.37. The number of ether oxygens (including phenoxy) is 1. The van der Waals surface area contributed by atoms with Gasteiger partial charge >= 0.3 is 0 Å². The van der Waals surface area contributed by atoms with Crippen LogP contribution in [0.4, 0.5) is 0 Å². The van der Waals surface area contributed by atoms with Crippen molar-refractivity contribution in [1.82, 2.24) is 15.3 Å². The molecule has 0 aliphatic rings. The van der Waals surface area contributed by atoms with Crippen LogP contribution in [0, 0.1) is 0 Å². The van der Waals surface area contributed by atoms with Crippen molar-refractivity contribution in [3.8, 4) is 16.9 Å². The molecule has 0 spiro atoms. The monoisotopic (exact) mass is 257 g/mol. The van der Waals surface area contributed by atoms with Crippen LogP contribution in [0.25, 0.3) is 11.1 Å². The van der Waals surface area contributed by atoms with E-state index < -0.39 is 0 Å². The third kappa shape index (κ3) is 3.76. The van der Waals surface area contributed by atoms with Crippen molar-refractivity contribution >= 4 is 0 Å². The first-order valence-electron chi connectivity index (χ1n) is 6.50. The second kappa shape index (κ2) is 6.85. The Morgan fingerprint density at radius 2 is 1.79 bits per heavy atom. The normalized spacial score (nSPS) is 10.4. The predicted octanol–water partition coefficient (Wildman–Crippen LogP) is 2.65. The van der Waals surface area contributed by atoms with Crippen molar-refractivity contribution in [1.29, 1.82) is 0 Å². The Balaban J connectivity index is 2.23. The van der Waals surface area contributed by atoms with E-state index in [9.17, 15) is 0 Å². The quantitative estimate of drug-likeness (QED) is 0.864. The molecule has 100 valence electrons. The van der Waals surface area contributed by atoms with Crippen molar-refractivity contribution in [3.63, 3.8) is 0 Å². The maximum atomic E-state index is 5.60. The molecule has 2 aromatic rings. The zero-order valence-electron chi connectivity index (χ0n) is 11.4. The van der Waals surface area contributed by atoms with Crippen LogP contribution in [0.1, 0.15) is 18.9 Å². The van der Waals surface area contributed by atoms with Crippen LogP contribution in [0.5, 0.6) is 5.75 Å². The number of aromatic nitrogens is 2. The molecule has 0 aliphatic carbocycles. The maximum Gasteiger partial charge on any atom is 0.138 e. The molecule has 0 bridgehead atoms. The molecule has 0 saturated carbocycles. The van der Waals surface area contributed by atoms with Crippen molar-refractivity contribution in [2.24, 2.45) is 0 Å². The Hall–Kier alpha value is -1.94. The Kier molecular flexibility index (Phi) is 4.86. The van der Waals surface area contributed by atoms with E-state index in [0.29, 0.717) is 6.61 Å². The molecule has 2 aromatic heterocycles. The first-order chi connectivity index (χ1) is 9.33. The number of hydrogen-bond donors (Lipinski definition) is 1. The molecule has 0 aliphatic heterocycles. The molecule has 0 fully saturated rings. The molecule has 2 rings (SSSR count). The van der Waals surface area contributed by atoms with E-state index in [2.05, 4.69) is 28.3 Å². The molecule has 0 saturated heterocycles. The lowest BCUT2D eigenvalue weighted by Crippen LogP contribution is -2.05. The van der Waals surface area contributed by atoms with Crippen molar-refractivity contribution in [2.75, 3.05) is 13.7 Å². The lowest BCUT2D eigenvalue weighted by molar-refractivity contribution is 0.316. The van der Waals surface area contributed by atoms with Crippen LogP contribution in [0.15, 0.2) is 36.9 Å². The van der Waals surface area contributed by atoms with Crippen LogP contribution < -0.4 is 10.1 Å². The molecule has 0 unspecified atom stereocenters. The smallest absolute Gasteiger partial charge is 0.138 e. The molecular formula is C15H19N3O.